The smallest absolute Gasteiger partial charge is 0.154 e. The van der Waals surface area contributed by atoms with Crippen LogP contribution in [0.25, 0.3) is 0 Å². The van der Waals surface area contributed by atoms with Crippen LogP contribution in [0, 0.1) is 0 Å². The van der Waals surface area contributed by atoms with Crippen molar-refractivity contribution in [3.8, 4) is 0 Å². The molecule has 2 aliphatic carbocycles. The van der Waals surface area contributed by atoms with Crippen molar-refractivity contribution < 1.29 is 0 Å². The third kappa shape index (κ3) is 1.86. The van der Waals surface area contributed by atoms with Crippen molar-refractivity contribution >= 4 is 0 Å². The molecule has 0 saturated heterocycles. The summed E-state index contributed by atoms with van der Waals surface area (Å²) in [5, 5.41) is 4.59. The molecule has 0 spiro atoms. The lowest BCUT2D eigenvalue weighted by Crippen LogP contribution is -2.26. The highest BCUT2D eigenvalue weighted by Crippen LogP contribution is 2.40. The predicted octanol–water partition coefficient (Wildman–Crippen LogP) is 1.68. The van der Waals surface area contributed by atoms with E-state index in [0.29, 0.717) is 17.9 Å². The van der Waals surface area contributed by atoms with Crippen LogP contribution in [0.15, 0.2) is 0 Å². The van der Waals surface area contributed by atoms with E-state index >= 15 is 0 Å². The quantitative estimate of drug-likeness (QED) is 0.825. The van der Waals surface area contributed by atoms with Gasteiger partial charge in [0.1, 0.15) is 5.82 Å². The first-order valence-corrected chi connectivity index (χ1v) is 6.40. The second kappa shape index (κ2) is 3.84. The van der Waals surface area contributed by atoms with Crippen LogP contribution in [-0.2, 0) is 7.05 Å². The van der Waals surface area contributed by atoms with Crippen molar-refractivity contribution in [3.05, 3.63) is 11.6 Å². The Kier molecular flexibility index (Phi) is 2.46. The Labute approximate surface area is 96.2 Å². The molecule has 88 valence electrons. The Balaban J connectivity index is 1.76. The Bertz CT molecular complexity index is 372. The number of aryl methyl sites for hydroxylation is 1. The molecule has 0 unspecified atom stereocenters. The summed E-state index contributed by atoms with van der Waals surface area (Å²) in [7, 11) is 2.03. The van der Waals surface area contributed by atoms with E-state index in [1.54, 1.807) is 0 Å². The molecule has 1 aromatic rings. The number of nitrogens with two attached hydrogens (primary N) is 1. The van der Waals surface area contributed by atoms with E-state index in [2.05, 4.69) is 5.10 Å². The third-order valence-electron chi connectivity index (χ3n) is 3.89. The van der Waals surface area contributed by atoms with Gasteiger partial charge in [-0.1, -0.05) is 0 Å². The van der Waals surface area contributed by atoms with Crippen LogP contribution >= 0.6 is 0 Å². The second-order valence-corrected chi connectivity index (χ2v) is 5.34. The zero-order valence-electron chi connectivity index (χ0n) is 9.89. The maximum absolute atomic E-state index is 5.92. The average molecular weight is 220 g/mol. The summed E-state index contributed by atoms with van der Waals surface area (Å²) in [5.41, 5.74) is 5.92. The van der Waals surface area contributed by atoms with Crippen molar-refractivity contribution in [1.29, 1.82) is 0 Å². The molecule has 0 amide bonds. The standard InChI is InChI=1S/C12H20N4/c1-16-12(9-2-3-9)14-11(15-16)8-4-6-10(13)7-5-8/h8-10H,2-7,13H2,1H3. The van der Waals surface area contributed by atoms with Crippen molar-refractivity contribution in [2.75, 3.05) is 0 Å². The molecule has 0 aliphatic heterocycles. The highest BCUT2D eigenvalue weighted by molar-refractivity contribution is 5.09. The lowest BCUT2D eigenvalue weighted by molar-refractivity contribution is 0.384. The molecule has 0 aromatic carbocycles. The van der Waals surface area contributed by atoms with Crippen LogP contribution in [0.3, 0.4) is 0 Å². The largest absolute Gasteiger partial charge is 0.328 e. The minimum absolute atomic E-state index is 0.405. The monoisotopic (exact) mass is 220 g/mol. The highest BCUT2D eigenvalue weighted by atomic mass is 15.3. The molecule has 3 rings (SSSR count). The van der Waals surface area contributed by atoms with E-state index < -0.39 is 0 Å². The normalized spacial score (nSPS) is 30.6. The first-order chi connectivity index (χ1) is 7.74. The van der Waals surface area contributed by atoms with Gasteiger partial charge in [0.25, 0.3) is 0 Å². The van der Waals surface area contributed by atoms with Gasteiger partial charge in [-0.15, -0.1) is 0 Å². The van der Waals surface area contributed by atoms with Crippen LogP contribution in [0.5, 0.6) is 0 Å². The molecule has 0 atom stereocenters. The van der Waals surface area contributed by atoms with E-state index in [1.165, 1.54) is 18.7 Å². The van der Waals surface area contributed by atoms with Gasteiger partial charge in [-0.25, -0.2) is 4.98 Å². The average Bonchev–Trinajstić information content (AvgIpc) is 3.04. The van der Waals surface area contributed by atoms with Crippen LogP contribution in [0.1, 0.15) is 62.0 Å². The van der Waals surface area contributed by atoms with E-state index in [4.69, 9.17) is 10.7 Å². The first kappa shape index (κ1) is 10.3. The van der Waals surface area contributed by atoms with Gasteiger partial charge in [0.05, 0.1) is 0 Å². The molecular weight excluding hydrogens is 200 g/mol. The van der Waals surface area contributed by atoms with E-state index in [9.17, 15) is 0 Å². The number of rotatable bonds is 2. The highest BCUT2D eigenvalue weighted by Gasteiger charge is 2.31. The second-order valence-electron chi connectivity index (χ2n) is 5.34. The Morgan fingerprint density at radius 3 is 2.31 bits per heavy atom. The summed E-state index contributed by atoms with van der Waals surface area (Å²) < 4.78 is 1.99. The number of aromatic nitrogens is 3. The zero-order chi connectivity index (χ0) is 11.1. The fourth-order valence-corrected chi connectivity index (χ4v) is 2.66. The molecule has 2 saturated carbocycles. The van der Waals surface area contributed by atoms with E-state index in [-0.39, 0.29) is 0 Å². The maximum atomic E-state index is 5.92. The van der Waals surface area contributed by atoms with E-state index in [1.807, 2.05) is 11.7 Å². The molecule has 2 fully saturated rings. The first-order valence-electron chi connectivity index (χ1n) is 6.40. The van der Waals surface area contributed by atoms with Crippen molar-refractivity contribution in [1.82, 2.24) is 14.8 Å². The maximum Gasteiger partial charge on any atom is 0.154 e. The summed E-state index contributed by atoms with van der Waals surface area (Å²) in [4.78, 5) is 4.73. The fraction of sp³-hybridized carbons (Fsp3) is 0.833. The minimum atomic E-state index is 0.405. The van der Waals surface area contributed by atoms with Gasteiger partial charge < -0.3 is 5.73 Å². The molecule has 0 radical (unpaired) electrons. The van der Waals surface area contributed by atoms with E-state index in [0.717, 1.165) is 31.5 Å². The van der Waals surface area contributed by atoms with Gasteiger partial charge in [0.15, 0.2) is 5.82 Å². The fourth-order valence-electron chi connectivity index (χ4n) is 2.66. The Hall–Kier alpha value is -0.900. The SMILES string of the molecule is Cn1nc(C2CCC(N)CC2)nc1C1CC1. The van der Waals surface area contributed by atoms with Gasteiger partial charge in [-0.05, 0) is 38.5 Å². The van der Waals surface area contributed by atoms with Gasteiger partial charge in [-0.3, -0.25) is 4.68 Å². The third-order valence-corrected chi connectivity index (χ3v) is 3.89. The van der Waals surface area contributed by atoms with Crippen LogP contribution in [-0.4, -0.2) is 20.8 Å². The summed E-state index contributed by atoms with van der Waals surface area (Å²) in [6.07, 6.45) is 7.16. The molecule has 1 heterocycles. The van der Waals surface area contributed by atoms with Gasteiger partial charge in [0, 0.05) is 24.9 Å². The molecule has 2 aliphatic rings. The molecule has 1 aromatic heterocycles. The summed E-state index contributed by atoms with van der Waals surface area (Å²) in [5.74, 6) is 3.51. The van der Waals surface area contributed by atoms with Gasteiger partial charge in [0.2, 0.25) is 0 Å². The van der Waals surface area contributed by atoms with Gasteiger partial charge >= 0.3 is 0 Å². The van der Waals surface area contributed by atoms with Crippen LogP contribution in [0.4, 0.5) is 0 Å². The lowest BCUT2D eigenvalue weighted by atomic mass is 9.86. The van der Waals surface area contributed by atoms with Crippen molar-refractivity contribution in [2.45, 2.75) is 56.4 Å². The lowest BCUT2D eigenvalue weighted by Gasteiger charge is -2.23. The van der Waals surface area contributed by atoms with Gasteiger partial charge in [-0.2, -0.15) is 5.10 Å². The molecule has 4 heteroatoms. The molecule has 2 N–H and O–H groups in total. The molecular formula is C12H20N4. The zero-order valence-corrected chi connectivity index (χ0v) is 9.89. The number of hydrogen-bond acceptors (Lipinski definition) is 3. The number of hydrogen-bond donors (Lipinski definition) is 1. The minimum Gasteiger partial charge on any atom is -0.328 e. The molecule has 4 nitrogen and oxygen atoms in total. The molecule has 0 bridgehead atoms. The number of nitrogens with zero attached hydrogens (tertiary/aromatic N) is 3. The Morgan fingerprint density at radius 1 is 1.06 bits per heavy atom. The summed E-state index contributed by atoms with van der Waals surface area (Å²) >= 11 is 0. The van der Waals surface area contributed by atoms with Crippen LogP contribution < -0.4 is 5.73 Å². The van der Waals surface area contributed by atoms with Crippen molar-refractivity contribution in [3.63, 3.8) is 0 Å². The topological polar surface area (TPSA) is 56.7 Å². The van der Waals surface area contributed by atoms with Crippen LogP contribution in [0.2, 0.25) is 0 Å². The molecule has 16 heavy (non-hydrogen) atoms. The summed E-state index contributed by atoms with van der Waals surface area (Å²) in [6, 6.07) is 0.405. The summed E-state index contributed by atoms with van der Waals surface area (Å²) in [6.45, 7) is 0. The van der Waals surface area contributed by atoms with Crippen molar-refractivity contribution in [2.24, 2.45) is 12.8 Å². The Morgan fingerprint density at radius 2 is 1.69 bits per heavy atom. The predicted molar refractivity (Wildman–Crippen MR) is 62.2 cm³/mol.